The van der Waals surface area contributed by atoms with E-state index in [2.05, 4.69) is 4.98 Å². The van der Waals surface area contributed by atoms with Crippen molar-refractivity contribution in [2.75, 3.05) is 20.8 Å². The molecule has 1 aromatic heterocycles. The number of rotatable bonds is 5. The number of nitrogens with one attached hydrogen (secondary N) is 1. The number of nitrogens with zero attached hydrogens (tertiary/aromatic N) is 1. The number of hydrogen-bond donors (Lipinski definition) is 1. The Balaban J connectivity index is 2.16. The molecule has 27 heavy (non-hydrogen) atoms. The fraction of sp³-hybridized carbons (Fsp3) is 0.211. The van der Waals surface area contributed by atoms with Crippen LogP contribution in [0, 0.1) is 0 Å². The molecule has 0 saturated heterocycles. The van der Waals surface area contributed by atoms with Gasteiger partial charge < -0.3 is 19.2 Å². The number of hydrogen-bond acceptors (Lipinski definition) is 6. The summed E-state index contributed by atoms with van der Waals surface area (Å²) in [5.74, 6) is 0.301. The molecular formula is C19H18N2O6. The minimum absolute atomic E-state index is 0.260. The molecule has 0 aliphatic carbocycles. The third-order valence-corrected chi connectivity index (χ3v) is 4.04. The summed E-state index contributed by atoms with van der Waals surface area (Å²) >= 11 is 0. The molecule has 0 amide bonds. The number of carbonyl (C=O) groups is 1. The molecular weight excluding hydrogens is 352 g/mol. The molecule has 3 rings (SSSR count). The highest BCUT2D eigenvalue weighted by atomic mass is 16.5. The molecule has 0 atom stereocenters. The summed E-state index contributed by atoms with van der Waals surface area (Å²) in [6, 6.07) is 9.06. The molecule has 0 spiro atoms. The second kappa shape index (κ2) is 7.36. The molecule has 0 bridgehead atoms. The standard InChI is InChI=1S/C19H18N2O6/c1-4-27-18(23)11-5-7-12(8-6-11)21-17(22)13-9-15(25-2)16(26-3)10-14(13)20-19(21)24/h5-10H,4H2,1-3H3,(H,20,24). The number of fused-ring (bicyclic) bond motifs is 1. The van der Waals surface area contributed by atoms with E-state index in [-0.39, 0.29) is 12.0 Å². The monoisotopic (exact) mass is 370 g/mol. The van der Waals surface area contributed by atoms with Crippen LogP contribution in [0.1, 0.15) is 17.3 Å². The number of H-pyrrole nitrogens is 1. The Morgan fingerprint density at radius 1 is 1.04 bits per heavy atom. The normalized spacial score (nSPS) is 10.6. The van der Waals surface area contributed by atoms with E-state index in [0.29, 0.717) is 28.3 Å². The molecule has 0 radical (unpaired) electrons. The van der Waals surface area contributed by atoms with E-state index in [1.165, 1.54) is 50.6 Å². The van der Waals surface area contributed by atoms with Crippen molar-refractivity contribution in [3.63, 3.8) is 0 Å². The zero-order chi connectivity index (χ0) is 19.6. The van der Waals surface area contributed by atoms with Crippen molar-refractivity contribution < 1.29 is 19.0 Å². The molecule has 1 heterocycles. The highest BCUT2D eigenvalue weighted by Crippen LogP contribution is 2.29. The minimum atomic E-state index is -0.608. The summed E-state index contributed by atoms with van der Waals surface area (Å²) in [6.45, 7) is 1.97. The molecule has 1 N–H and O–H groups in total. The Kier molecular flexibility index (Phi) is 4.98. The predicted octanol–water partition coefficient (Wildman–Crippen LogP) is 1.87. The summed E-state index contributed by atoms with van der Waals surface area (Å²) in [5.41, 5.74) is -0.132. The van der Waals surface area contributed by atoms with Gasteiger partial charge in [-0.15, -0.1) is 0 Å². The number of aromatic amines is 1. The van der Waals surface area contributed by atoms with Crippen molar-refractivity contribution in [3.8, 4) is 17.2 Å². The van der Waals surface area contributed by atoms with E-state index in [9.17, 15) is 14.4 Å². The molecule has 0 saturated carbocycles. The SMILES string of the molecule is CCOC(=O)c1ccc(-n2c(=O)[nH]c3cc(OC)c(OC)cc3c2=O)cc1. The van der Waals surface area contributed by atoms with Crippen LogP contribution in [-0.2, 0) is 4.74 Å². The number of carbonyl (C=O) groups excluding carboxylic acids is 1. The van der Waals surface area contributed by atoms with Gasteiger partial charge >= 0.3 is 11.7 Å². The number of ether oxygens (including phenoxy) is 3. The first-order chi connectivity index (χ1) is 13.0. The van der Waals surface area contributed by atoms with Crippen LogP contribution in [-0.4, -0.2) is 36.3 Å². The van der Waals surface area contributed by atoms with Crippen molar-refractivity contribution in [1.82, 2.24) is 9.55 Å². The Hall–Kier alpha value is -3.55. The fourth-order valence-corrected chi connectivity index (χ4v) is 2.74. The van der Waals surface area contributed by atoms with E-state index >= 15 is 0 Å². The quantitative estimate of drug-likeness (QED) is 0.689. The predicted molar refractivity (Wildman–Crippen MR) is 99.2 cm³/mol. The second-order valence-electron chi connectivity index (χ2n) is 5.59. The van der Waals surface area contributed by atoms with E-state index in [4.69, 9.17) is 14.2 Å². The maximum absolute atomic E-state index is 12.9. The summed E-state index contributed by atoms with van der Waals surface area (Å²) < 4.78 is 16.3. The third-order valence-electron chi connectivity index (χ3n) is 4.04. The molecule has 0 fully saturated rings. The van der Waals surface area contributed by atoms with E-state index < -0.39 is 17.2 Å². The molecule has 2 aromatic carbocycles. The fourth-order valence-electron chi connectivity index (χ4n) is 2.74. The van der Waals surface area contributed by atoms with Gasteiger partial charge in [0.25, 0.3) is 5.56 Å². The molecule has 140 valence electrons. The van der Waals surface area contributed by atoms with Crippen LogP contribution in [0.4, 0.5) is 0 Å². The van der Waals surface area contributed by atoms with Crippen LogP contribution in [0.25, 0.3) is 16.6 Å². The molecule has 8 nitrogen and oxygen atoms in total. The highest BCUT2D eigenvalue weighted by Gasteiger charge is 2.14. The van der Waals surface area contributed by atoms with Gasteiger partial charge in [0.2, 0.25) is 0 Å². The van der Waals surface area contributed by atoms with Crippen molar-refractivity contribution >= 4 is 16.9 Å². The van der Waals surface area contributed by atoms with Gasteiger partial charge in [-0.25, -0.2) is 14.2 Å². The summed E-state index contributed by atoms with van der Waals surface area (Å²) in [7, 11) is 2.93. The Bertz CT molecular complexity index is 1110. The van der Waals surface area contributed by atoms with Crippen LogP contribution in [0.3, 0.4) is 0 Å². The maximum atomic E-state index is 12.9. The van der Waals surface area contributed by atoms with Crippen LogP contribution >= 0.6 is 0 Å². The molecule has 3 aromatic rings. The van der Waals surface area contributed by atoms with Gasteiger partial charge in [0.05, 0.1) is 43.0 Å². The summed E-state index contributed by atoms with van der Waals surface area (Å²) in [5, 5.41) is 0.265. The molecule has 0 unspecified atom stereocenters. The molecule has 8 heteroatoms. The first-order valence-corrected chi connectivity index (χ1v) is 8.18. The van der Waals surface area contributed by atoms with Gasteiger partial charge in [0.15, 0.2) is 11.5 Å². The second-order valence-corrected chi connectivity index (χ2v) is 5.59. The van der Waals surface area contributed by atoms with Gasteiger partial charge in [-0.2, -0.15) is 0 Å². The van der Waals surface area contributed by atoms with Gasteiger partial charge in [-0.1, -0.05) is 0 Å². The highest BCUT2D eigenvalue weighted by molar-refractivity contribution is 5.89. The van der Waals surface area contributed by atoms with E-state index in [0.717, 1.165) is 4.57 Å². The number of methoxy groups -OCH3 is 2. The number of esters is 1. The van der Waals surface area contributed by atoms with Crippen molar-refractivity contribution in [3.05, 3.63) is 62.8 Å². The average molecular weight is 370 g/mol. The van der Waals surface area contributed by atoms with Gasteiger partial charge in [0, 0.05) is 6.07 Å². The van der Waals surface area contributed by atoms with Crippen molar-refractivity contribution in [2.45, 2.75) is 6.92 Å². The van der Waals surface area contributed by atoms with Gasteiger partial charge in [-0.3, -0.25) is 4.79 Å². The number of aromatic nitrogens is 2. The smallest absolute Gasteiger partial charge is 0.338 e. The maximum Gasteiger partial charge on any atom is 0.338 e. The third kappa shape index (κ3) is 3.29. The zero-order valence-corrected chi connectivity index (χ0v) is 15.1. The van der Waals surface area contributed by atoms with Crippen LogP contribution in [0.15, 0.2) is 46.0 Å². The lowest BCUT2D eigenvalue weighted by Gasteiger charge is -2.11. The van der Waals surface area contributed by atoms with Gasteiger partial charge in [0.1, 0.15) is 0 Å². The Morgan fingerprint density at radius 2 is 1.67 bits per heavy atom. The molecule has 0 aliphatic rings. The van der Waals surface area contributed by atoms with Crippen molar-refractivity contribution in [1.29, 1.82) is 0 Å². The van der Waals surface area contributed by atoms with Crippen LogP contribution < -0.4 is 20.7 Å². The largest absolute Gasteiger partial charge is 0.493 e. The minimum Gasteiger partial charge on any atom is -0.493 e. The van der Waals surface area contributed by atoms with Crippen LogP contribution in [0.2, 0.25) is 0 Å². The van der Waals surface area contributed by atoms with E-state index in [1.54, 1.807) is 6.92 Å². The Morgan fingerprint density at radius 3 is 2.26 bits per heavy atom. The molecule has 0 aliphatic heterocycles. The number of benzene rings is 2. The van der Waals surface area contributed by atoms with E-state index in [1.807, 2.05) is 0 Å². The average Bonchev–Trinajstić information content (AvgIpc) is 2.67. The van der Waals surface area contributed by atoms with Gasteiger partial charge in [-0.05, 0) is 37.3 Å². The summed E-state index contributed by atoms with van der Waals surface area (Å²) in [6.07, 6.45) is 0. The topological polar surface area (TPSA) is 99.6 Å². The lowest BCUT2D eigenvalue weighted by molar-refractivity contribution is 0.0526. The lowest BCUT2D eigenvalue weighted by Crippen LogP contribution is -2.33. The first kappa shape index (κ1) is 18.2. The first-order valence-electron chi connectivity index (χ1n) is 8.18. The zero-order valence-electron chi connectivity index (χ0n) is 15.1. The van der Waals surface area contributed by atoms with Crippen LogP contribution in [0.5, 0.6) is 11.5 Å². The van der Waals surface area contributed by atoms with Crippen molar-refractivity contribution in [2.24, 2.45) is 0 Å². The Labute approximate surface area is 153 Å². The lowest BCUT2D eigenvalue weighted by atomic mass is 10.2. The summed E-state index contributed by atoms with van der Waals surface area (Å²) in [4.78, 5) is 39.8.